The summed E-state index contributed by atoms with van der Waals surface area (Å²) in [6.07, 6.45) is -0.540. The Morgan fingerprint density at radius 3 is 1.49 bits per heavy atom. The van der Waals surface area contributed by atoms with Crippen molar-refractivity contribution in [3.8, 4) is 0 Å². The number of hydrogen-bond donors (Lipinski definition) is 13. The number of carbonyl (C=O) groups is 3. The van der Waals surface area contributed by atoms with E-state index in [1.54, 1.807) is 38.7 Å². The lowest BCUT2D eigenvalue weighted by molar-refractivity contribution is -0.238. The molecule has 0 aliphatic carbocycles. The molecule has 6 fully saturated rings. The van der Waals surface area contributed by atoms with Crippen molar-refractivity contribution in [2.75, 3.05) is 230 Å². The molecule has 0 spiro atoms. The maximum atomic E-state index is 14.1. The van der Waals surface area contributed by atoms with Crippen LogP contribution < -0.4 is 39.1 Å². The molecule has 3 amide bonds. The number of aliphatic hydroxyl groups is 6. The van der Waals surface area contributed by atoms with Crippen molar-refractivity contribution in [3.05, 3.63) is 60.1 Å². The topological polar surface area (TPSA) is 557 Å². The number of amides is 3. The van der Waals surface area contributed by atoms with Crippen molar-refractivity contribution in [1.82, 2.24) is 45.9 Å². The van der Waals surface area contributed by atoms with Gasteiger partial charge in [0.25, 0.3) is 0 Å². The third-order valence-electron chi connectivity index (χ3n) is 19.0. The van der Waals surface area contributed by atoms with E-state index in [9.17, 15) is 45.0 Å². The fraction of sp³-hybridized carbons (Fsp3) is 0.808. The van der Waals surface area contributed by atoms with Crippen LogP contribution in [0.2, 0.25) is 0 Å². The molecule has 43 nitrogen and oxygen atoms in total. The van der Waals surface area contributed by atoms with Crippen molar-refractivity contribution in [2.45, 2.75) is 154 Å². The van der Waals surface area contributed by atoms with Gasteiger partial charge in [0.2, 0.25) is 17.7 Å². The van der Waals surface area contributed by atoms with Crippen molar-refractivity contribution in [2.24, 2.45) is 23.2 Å². The second-order valence-electron chi connectivity index (χ2n) is 28.9. The van der Waals surface area contributed by atoms with Gasteiger partial charge in [0.15, 0.2) is 18.9 Å². The van der Waals surface area contributed by atoms with Crippen LogP contribution in [0.5, 0.6) is 0 Å². The van der Waals surface area contributed by atoms with E-state index in [2.05, 4.69) is 31.2 Å². The number of nitrogens with two attached hydrogens (primary N) is 4. The van der Waals surface area contributed by atoms with Gasteiger partial charge in [0, 0.05) is 51.0 Å². The molecule has 6 aliphatic heterocycles. The van der Waals surface area contributed by atoms with Gasteiger partial charge in [0.05, 0.1) is 261 Å². The molecule has 6 saturated heterocycles. The molecule has 15 atom stereocenters. The molecule has 17 N–H and O–H groups in total. The number of nitrogens with one attached hydrogen (secondary N) is 3. The lowest BCUT2D eigenvalue weighted by atomic mass is 9.88. The maximum Gasteiger partial charge on any atom is 0.220 e. The molecule has 6 aliphatic rings. The third kappa shape index (κ3) is 34.2. The first kappa shape index (κ1) is 98.4. The van der Waals surface area contributed by atoms with Gasteiger partial charge in [-0.05, 0) is 35.8 Å². The van der Waals surface area contributed by atoms with E-state index in [1.165, 1.54) is 36.3 Å². The summed E-state index contributed by atoms with van der Waals surface area (Å²) >= 11 is 0. The van der Waals surface area contributed by atoms with E-state index in [-0.39, 0.29) is 208 Å². The van der Waals surface area contributed by atoms with Crippen molar-refractivity contribution >= 4 is 39.3 Å². The molecule has 1 unspecified atom stereocenters. The minimum Gasteiger partial charge on any atom is -0.399 e. The number of fused-ring (bicyclic) bond motifs is 6. The molecule has 0 radical (unpaired) electrons. The highest BCUT2D eigenvalue weighted by Crippen LogP contribution is 2.40. The number of rotatable bonds is 67. The van der Waals surface area contributed by atoms with Crippen molar-refractivity contribution in [1.29, 1.82) is 0 Å². The quantitative estimate of drug-likeness (QED) is 0.0128. The molecule has 45 heteroatoms. The number of ether oxygens (including phenoxy) is 21. The third-order valence-corrected chi connectivity index (χ3v) is 21.4. The monoisotopic (exact) mass is 1730 g/mol. The van der Waals surface area contributed by atoms with E-state index in [1.807, 2.05) is 18.2 Å². The van der Waals surface area contributed by atoms with Gasteiger partial charge in [-0.15, -0.1) is 5.10 Å². The second kappa shape index (κ2) is 53.8. The summed E-state index contributed by atoms with van der Waals surface area (Å²) in [7, 11) is 3.30. The Balaban J connectivity index is 0.748. The highest BCUT2D eigenvalue weighted by atomic mass is 33.1. The summed E-state index contributed by atoms with van der Waals surface area (Å²) in [5.74, 6) is 12.4. The van der Waals surface area contributed by atoms with Crippen LogP contribution in [0.15, 0.2) is 59.4 Å². The van der Waals surface area contributed by atoms with Gasteiger partial charge in [-0.1, -0.05) is 28.5 Å². The van der Waals surface area contributed by atoms with Crippen LogP contribution in [0.1, 0.15) is 51.6 Å². The van der Waals surface area contributed by atoms with Gasteiger partial charge in [-0.25, -0.2) is 21.4 Å². The number of pyridine rings is 1. The summed E-state index contributed by atoms with van der Waals surface area (Å²) in [6, 6.07) is 3.96. The number of unbranched alkanes of at least 4 members (excludes halogenated alkanes) is 2. The van der Waals surface area contributed by atoms with Crippen LogP contribution in [0.3, 0.4) is 0 Å². The Hall–Kier alpha value is -5.08. The minimum absolute atomic E-state index is 0.0128. The zero-order valence-corrected chi connectivity index (χ0v) is 69.0. The number of aliphatic hydroxyl groups excluding tert-OH is 6. The standard InChI is InChI=1S/C73H125N13O30S2/c1-52(87)79-61-63(91)66(94)72(50-112-68(61)115-72)47-106-33-30-103-27-24-100-21-18-97-15-12-85(77)38-55(75)41-109-44-70(81-58(90)8-4-3-7-35-117-118-59-9-5-6-10-78-59,43-108-40-54(74)37-84(76)11-14-96-17-20-99-23-26-102-29-32-105-46-71-49-111-60(114-71)36-57(89)65(71)93)45-110-42-56-39-86(83-82-56)13-16-98-19-22-101-25-28-104-31-34-107-48-73-51-113-69(116-73)62(80-53(2)88)64(92)67(73)95/h5-6,9-10,37-39,57,60-69,89,91-95H,3-4,7-8,11-36,40-51,74-77H2,1-2H3,(H,79,87)(H,80,88)(H,81,90)/b54-37-,55-38-/t57-,60+,61-,62-,63-,64-,65-,66-,67-,68+,69+,70?,71+,72+,73+/m1/s1. The van der Waals surface area contributed by atoms with Crippen LogP contribution in [-0.4, -0.2) is 399 Å². The largest absolute Gasteiger partial charge is 0.399 e. The van der Waals surface area contributed by atoms with E-state index >= 15 is 0 Å². The molecule has 8 heterocycles. The Bertz CT molecular complexity index is 3200. The van der Waals surface area contributed by atoms with Gasteiger partial charge in [-0.2, -0.15) is 0 Å². The highest BCUT2D eigenvalue weighted by molar-refractivity contribution is 8.76. The van der Waals surface area contributed by atoms with Crippen LogP contribution in [0, 0.1) is 0 Å². The summed E-state index contributed by atoms with van der Waals surface area (Å²) in [5, 5.41) is 83.8. The first-order valence-electron chi connectivity index (χ1n) is 39.6. The highest BCUT2D eigenvalue weighted by Gasteiger charge is 2.61. The first-order valence-corrected chi connectivity index (χ1v) is 42.0. The Morgan fingerprint density at radius 1 is 0.568 bits per heavy atom. The average molecular weight is 1730 g/mol. The summed E-state index contributed by atoms with van der Waals surface area (Å²) in [4.78, 5) is 41.6. The van der Waals surface area contributed by atoms with E-state index in [0.29, 0.717) is 78.1 Å². The number of nitrogens with zero attached hydrogens (tertiary/aromatic N) is 6. The van der Waals surface area contributed by atoms with Crippen LogP contribution in [-0.2, 0) is 127 Å². The first-order chi connectivity index (χ1) is 57.1. The summed E-state index contributed by atoms with van der Waals surface area (Å²) in [5.41, 5.74) is 9.01. The number of carbonyl (C=O) groups excluding carboxylic acids is 3. The molecule has 6 bridgehead atoms. The van der Waals surface area contributed by atoms with E-state index in [4.69, 9.17) is 123 Å². The van der Waals surface area contributed by atoms with Gasteiger partial charge in [-0.3, -0.25) is 14.4 Å². The number of hydrazine groups is 2. The molecule has 2 aromatic heterocycles. The number of aromatic nitrogens is 4. The van der Waals surface area contributed by atoms with E-state index in [0.717, 1.165) is 23.6 Å². The average Bonchev–Trinajstić information content (AvgIpc) is 1.61. The van der Waals surface area contributed by atoms with Gasteiger partial charge >= 0.3 is 0 Å². The minimum atomic E-state index is -1.35. The summed E-state index contributed by atoms with van der Waals surface area (Å²) < 4.78 is 123. The van der Waals surface area contributed by atoms with Crippen LogP contribution in [0.25, 0.3) is 0 Å². The van der Waals surface area contributed by atoms with Gasteiger partial charge in [0.1, 0.15) is 75.7 Å². The Kier molecular flexibility index (Phi) is 44.9. The smallest absolute Gasteiger partial charge is 0.220 e. The molecule has 8 rings (SSSR count). The zero-order chi connectivity index (χ0) is 84.3. The molecule has 0 aromatic carbocycles. The normalized spacial score (nSPS) is 26.6. The predicted molar refractivity (Wildman–Crippen MR) is 416 cm³/mol. The Morgan fingerprint density at radius 2 is 1.02 bits per heavy atom. The molecule has 0 saturated carbocycles. The molecular formula is C73H125N13O30S2. The van der Waals surface area contributed by atoms with Crippen molar-refractivity contribution in [3.63, 3.8) is 0 Å². The van der Waals surface area contributed by atoms with Crippen molar-refractivity contribution < 1.29 is 144 Å². The van der Waals surface area contributed by atoms with Crippen LogP contribution >= 0.6 is 21.6 Å². The fourth-order valence-corrected chi connectivity index (χ4v) is 15.0. The SMILES string of the molecule is CC(=O)N[C@H]1[C@H]2OC[C@](COCCOCCOCCOCCN(N)/C=C(\N)COCC(COC/C(N)=C/N(N)CCOCCOCCOCCOC[C@]34CO[C@H](C[C@@H](O)[C@H]3O)O4)(COCc3cn(CCOCCOCCOCCOC[C@@]45CO[C@@H](O4)[C@H](NC(C)=O)[C@@H](O)[C@H]5O)nn3)NC(=O)CCCCCSSc3ccccn3)(O2)[C@H](O)[C@@H]1O. The molecule has 674 valence electrons. The number of hydrogen-bond acceptors (Lipinski definition) is 41. The summed E-state index contributed by atoms with van der Waals surface area (Å²) in [6.45, 7) is 8.61. The lowest BCUT2D eigenvalue weighted by Crippen LogP contribution is -2.66. The molecule has 2 aromatic rings. The molecule has 118 heavy (non-hydrogen) atoms. The van der Waals surface area contributed by atoms with Gasteiger partial charge < -0.3 is 168 Å². The zero-order valence-electron chi connectivity index (χ0n) is 67.4. The molecular weight excluding hydrogens is 1600 g/mol. The van der Waals surface area contributed by atoms with Crippen LogP contribution in [0.4, 0.5) is 0 Å². The fourth-order valence-electron chi connectivity index (χ4n) is 13.0. The second-order valence-corrected chi connectivity index (χ2v) is 31.4. The van der Waals surface area contributed by atoms with E-state index < -0.39 is 95.8 Å². The predicted octanol–water partition coefficient (Wildman–Crippen LogP) is -4.83. The maximum absolute atomic E-state index is 14.1. The Labute approximate surface area is 694 Å². The lowest BCUT2D eigenvalue weighted by Gasteiger charge is -2.42.